The summed E-state index contributed by atoms with van der Waals surface area (Å²) in [6, 6.07) is 8.53. The van der Waals surface area contributed by atoms with Crippen molar-refractivity contribution in [2.75, 3.05) is 30.4 Å². The van der Waals surface area contributed by atoms with Gasteiger partial charge in [0.05, 0.1) is 28.2 Å². The minimum Gasteiger partial charge on any atom is -0.424 e. The highest BCUT2D eigenvalue weighted by atomic mass is 19.1. The van der Waals surface area contributed by atoms with Crippen LogP contribution in [0.1, 0.15) is 18.4 Å². The average Bonchev–Trinajstić information content (AvgIpc) is 3.16. The lowest BCUT2D eigenvalue weighted by atomic mass is 10.1. The summed E-state index contributed by atoms with van der Waals surface area (Å²) in [6.07, 6.45) is 1.57. The summed E-state index contributed by atoms with van der Waals surface area (Å²) >= 11 is 0. The highest BCUT2D eigenvalue weighted by Crippen LogP contribution is 2.38. The van der Waals surface area contributed by atoms with E-state index in [0.29, 0.717) is 46.5 Å². The largest absolute Gasteiger partial charge is 0.424 e. The Morgan fingerprint density at radius 3 is 2.64 bits per heavy atom. The zero-order chi connectivity index (χ0) is 23.1. The van der Waals surface area contributed by atoms with Crippen LogP contribution in [0.2, 0.25) is 0 Å². The number of rotatable bonds is 4. The molecule has 4 aromatic rings. The Labute approximate surface area is 188 Å². The van der Waals surface area contributed by atoms with Gasteiger partial charge in [0.2, 0.25) is 0 Å². The van der Waals surface area contributed by atoms with Crippen molar-refractivity contribution >= 4 is 33.4 Å². The first-order chi connectivity index (χ1) is 15.9. The van der Waals surface area contributed by atoms with E-state index in [4.69, 9.17) is 15.7 Å². The smallest absolute Gasteiger partial charge is 0.325 e. The van der Waals surface area contributed by atoms with Gasteiger partial charge in [-0.1, -0.05) is 0 Å². The molecule has 0 aliphatic carbocycles. The molecule has 1 aliphatic rings. The molecule has 168 valence electrons. The molecule has 0 amide bonds. The molecule has 3 heterocycles. The van der Waals surface area contributed by atoms with Crippen LogP contribution in [0.15, 0.2) is 30.3 Å². The molecule has 0 atom stereocenters. The highest BCUT2D eigenvalue weighted by molar-refractivity contribution is 6.14. The van der Waals surface area contributed by atoms with Crippen molar-refractivity contribution in [1.82, 2.24) is 15.0 Å². The maximum absolute atomic E-state index is 14.4. The fraction of sp³-hybridized carbons (Fsp3) is 0.261. The molecule has 2 aromatic carbocycles. The van der Waals surface area contributed by atoms with Crippen LogP contribution in [0.4, 0.5) is 20.3 Å². The summed E-state index contributed by atoms with van der Waals surface area (Å²) in [6.45, 7) is 1.35. The van der Waals surface area contributed by atoms with Crippen molar-refractivity contribution in [3.8, 4) is 17.8 Å². The van der Waals surface area contributed by atoms with Gasteiger partial charge in [0.25, 0.3) is 0 Å². The van der Waals surface area contributed by atoms with Gasteiger partial charge in [-0.3, -0.25) is 0 Å². The van der Waals surface area contributed by atoms with Crippen LogP contribution in [0.3, 0.4) is 0 Å². The predicted molar refractivity (Wildman–Crippen MR) is 122 cm³/mol. The molecule has 8 nitrogen and oxygen atoms in total. The number of hydrogen-bond donors (Lipinski definition) is 3. The topological polar surface area (TPSA) is 116 Å². The first kappa shape index (κ1) is 20.9. The lowest BCUT2D eigenvalue weighted by molar-refractivity contribution is 0.437. The van der Waals surface area contributed by atoms with Gasteiger partial charge >= 0.3 is 6.01 Å². The van der Waals surface area contributed by atoms with Gasteiger partial charge in [-0.15, -0.1) is 0 Å². The second-order valence-corrected chi connectivity index (χ2v) is 8.02. The van der Waals surface area contributed by atoms with Crippen molar-refractivity contribution < 1.29 is 13.5 Å². The normalized spacial score (nSPS) is 14.6. The van der Waals surface area contributed by atoms with E-state index >= 15 is 0 Å². The molecule has 1 aliphatic heterocycles. The number of aromatic nitrogens is 3. The zero-order valence-electron chi connectivity index (χ0n) is 17.8. The summed E-state index contributed by atoms with van der Waals surface area (Å²) in [5, 5.41) is 13.4. The first-order valence-corrected chi connectivity index (χ1v) is 10.5. The van der Waals surface area contributed by atoms with Crippen molar-refractivity contribution in [2.24, 2.45) is 5.73 Å². The van der Waals surface area contributed by atoms with Crippen LogP contribution < -0.4 is 20.7 Å². The Bertz CT molecular complexity index is 1400. The summed E-state index contributed by atoms with van der Waals surface area (Å²) in [4.78, 5) is 14.4. The van der Waals surface area contributed by atoms with E-state index in [1.807, 2.05) is 6.07 Å². The fourth-order valence-electron chi connectivity index (χ4n) is 4.20. The number of hydrogen-bond acceptors (Lipinski definition) is 7. The third-order valence-corrected chi connectivity index (χ3v) is 5.80. The number of nitrogens with one attached hydrogen (secondary N) is 2. The van der Waals surface area contributed by atoms with Crippen molar-refractivity contribution in [2.45, 2.75) is 18.9 Å². The number of nitriles is 1. The van der Waals surface area contributed by atoms with E-state index in [1.165, 1.54) is 18.2 Å². The lowest BCUT2D eigenvalue weighted by Crippen LogP contribution is -2.40. The number of anilines is 2. The standard InChI is InChI=1S/C23H21F2N7O/c1-28-18-10-14(25)9-17-19-21(29-20(17)18)30-23(31-22(19)32-4-2-15(27)3-5-32)33-16-7-12(11-26)6-13(24)8-16/h6-10,15,28H,2-5,27H2,1H3,(H,29,30,31). The highest BCUT2D eigenvalue weighted by Gasteiger charge is 2.24. The average molecular weight is 449 g/mol. The van der Waals surface area contributed by atoms with Gasteiger partial charge in [-0.2, -0.15) is 15.2 Å². The SMILES string of the molecule is CNc1cc(F)cc2c1[nH]c1nc(Oc3cc(F)cc(C#N)c3)nc(N3CCC(N)CC3)c12. The van der Waals surface area contributed by atoms with Gasteiger partial charge in [0.15, 0.2) is 0 Å². The van der Waals surface area contributed by atoms with Crippen LogP contribution in [0, 0.1) is 23.0 Å². The number of nitrogens with two attached hydrogens (primary N) is 1. The van der Waals surface area contributed by atoms with Gasteiger partial charge in [-0.05, 0) is 37.1 Å². The lowest BCUT2D eigenvalue weighted by Gasteiger charge is -2.31. The quantitative estimate of drug-likeness (QED) is 0.431. The first-order valence-electron chi connectivity index (χ1n) is 10.5. The molecule has 4 N–H and O–H groups in total. The zero-order valence-corrected chi connectivity index (χ0v) is 17.8. The Morgan fingerprint density at radius 1 is 1.15 bits per heavy atom. The third-order valence-electron chi connectivity index (χ3n) is 5.80. The van der Waals surface area contributed by atoms with E-state index in [-0.39, 0.29) is 29.2 Å². The monoisotopic (exact) mass is 449 g/mol. The summed E-state index contributed by atoms with van der Waals surface area (Å²) in [7, 11) is 1.71. The molecule has 10 heteroatoms. The van der Waals surface area contributed by atoms with E-state index in [0.717, 1.165) is 25.0 Å². The maximum Gasteiger partial charge on any atom is 0.325 e. The van der Waals surface area contributed by atoms with Gasteiger partial charge in [0.1, 0.15) is 28.8 Å². The van der Waals surface area contributed by atoms with Gasteiger partial charge < -0.3 is 25.7 Å². The van der Waals surface area contributed by atoms with Crippen molar-refractivity contribution in [3.63, 3.8) is 0 Å². The maximum atomic E-state index is 14.4. The number of nitrogens with zero attached hydrogens (tertiary/aromatic N) is 4. The number of benzene rings is 2. The second-order valence-electron chi connectivity index (χ2n) is 8.02. The molecular weight excluding hydrogens is 428 g/mol. The van der Waals surface area contributed by atoms with E-state index < -0.39 is 5.82 Å². The predicted octanol–water partition coefficient (Wildman–Crippen LogP) is 4.02. The minimum atomic E-state index is -0.602. The third kappa shape index (κ3) is 3.87. The van der Waals surface area contributed by atoms with E-state index in [9.17, 15) is 8.78 Å². The van der Waals surface area contributed by atoms with Gasteiger partial charge in [-0.25, -0.2) is 8.78 Å². The Morgan fingerprint density at radius 2 is 1.91 bits per heavy atom. The molecule has 1 fully saturated rings. The van der Waals surface area contributed by atoms with E-state index in [2.05, 4.69) is 25.2 Å². The van der Waals surface area contributed by atoms with Crippen molar-refractivity contribution in [3.05, 3.63) is 47.5 Å². The molecule has 0 unspecified atom stereocenters. The summed E-state index contributed by atoms with van der Waals surface area (Å²) in [5.41, 5.74) is 7.93. The second kappa shape index (κ2) is 8.18. The van der Waals surface area contributed by atoms with Crippen LogP contribution in [0.25, 0.3) is 21.9 Å². The number of aromatic amines is 1. The molecule has 1 saturated heterocycles. The van der Waals surface area contributed by atoms with Crippen molar-refractivity contribution in [1.29, 1.82) is 5.26 Å². The van der Waals surface area contributed by atoms with E-state index in [1.54, 1.807) is 7.05 Å². The molecule has 33 heavy (non-hydrogen) atoms. The minimum absolute atomic E-state index is 0.0140. The number of ether oxygens (including phenoxy) is 1. The van der Waals surface area contributed by atoms with Crippen LogP contribution >= 0.6 is 0 Å². The molecule has 0 radical (unpaired) electrons. The molecule has 2 aromatic heterocycles. The number of H-pyrrole nitrogens is 1. The number of piperidine rings is 1. The Balaban J connectivity index is 1.69. The van der Waals surface area contributed by atoms with Crippen LogP contribution in [-0.2, 0) is 0 Å². The molecule has 0 saturated carbocycles. The summed E-state index contributed by atoms with van der Waals surface area (Å²) in [5.74, 6) is -0.299. The number of fused-ring (bicyclic) bond motifs is 3. The molecular formula is C23H21F2N7O. The Hall–Kier alpha value is -3.97. The summed E-state index contributed by atoms with van der Waals surface area (Å²) < 4.78 is 34.0. The number of halogens is 2. The van der Waals surface area contributed by atoms with Crippen LogP contribution in [0.5, 0.6) is 11.8 Å². The Kier molecular flexibility index (Phi) is 5.18. The molecule has 0 spiro atoms. The fourth-order valence-corrected chi connectivity index (χ4v) is 4.20. The molecule has 5 rings (SSSR count). The molecule has 0 bridgehead atoms. The van der Waals surface area contributed by atoms with Gasteiger partial charge in [0, 0.05) is 37.6 Å². The van der Waals surface area contributed by atoms with Crippen LogP contribution in [-0.4, -0.2) is 41.1 Å².